The Morgan fingerprint density at radius 1 is 1.06 bits per heavy atom. The van der Waals surface area contributed by atoms with Gasteiger partial charge >= 0.3 is 0 Å². The molecule has 0 bridgehead atoms. The molecule has 1 aromatic carbocycles. The predicted octanol–water partition coefficient (Wildman–Crippen LogP) is 3.83. The summed E-state index contributed by atoms with van der Waals surface area (Å²) in [5.41, 5.74) is 1.83. The van der Waals surface area contributed by atoms with Crippen molar-refractivity contribution in [1.29, 1.82) is 0 Å². The molecule has 2 aromatic rings. The van der Waals surface area contributed by atoms with Gasteiger partial charge in [0.2, 0.25) is 0 Å². The summed E-state index contributed by atoms with van der Waals surface area (Å²) in [5.74, 6) is 0. The number of aromatic nitrogens is 1. The van der Waals surface area contributed by atoms with Crippen molar-refractivity contribution in [2.75, 3.05) is 13.2 Å². The zero-order chi connectivity index (χ0) is 12.5. The highest BCUT2D eigenvalue weighted by atomic mass is 35.5. The average molecular weight is 284 g/mol. The number of ether oxygens (including phenoxy) is 2. The molecule has 1 aliphatic heterocycles. The third-order valence-corrected chi connectivity index (χ3v) is 3.21. The lowest BCUT2D eigenvalue weighted by Gasteiger charge is -2.14. The maximum absolute atomic E-state index is 6.02. The molecule has 18 heavy (non-hydrogen) atoms. The number of hydrogen-bond donors (Lipinski definition) is 0. The molecule has 2 heterocycles. The summed E-state index contributed by atoms with van der Waals surface area (Å²) in [6.07, 6.45) is 1.61. The lowest BCUT2D eigenvalue weighted by molar-refractivity contribution is -0.0483. The maximum Gasteiger partial charge on any atom is 0.199 e. The Hall–Kier alpha value is -1.00. The van der Waals surface area contributed by atoms with Gasteiger partial charge in [0.1, 0.15) is 0 Å². The number of rotatable bonds is 2. The first kappa shape index (κ1) is 12.1. The van der Waals surface area contributed by atoms with Crippen molar-refractivity contribution in [3.05, 3.63) is 52.3 Å². The molecule has 0 radical (unpaired) electrons. The largest absolute Gasteiger partial charge is 0.345 e. The molecule has 0 spiro atoms. The Bertz CT molecular complexity index is 542. The van der Waals surface area contributed by atoms with E-state index >= 15 is 0 Å². The minimum Gasteiger partial charge on any atom is -0.345 e. The van der Waals surface area contributed by atoms with Gasteiger partial charge in [-0.1, -0.05) is 23.2 Å². The summed E-state index contributed by atoms with van der Waals surface area (Å²) in [5, 5.41) is 1.20. The molecule has 3 nitrogen and oxygen atoms in total. The topological polar surface area (TPSA) is 23.4 Å². The molecule has 0 atom stereocenters. The van der Waals surface area contributed by atoms with Gasteiger partial charge in [0, 0.05) is 21.9 Å². The first-order chi connectivity index (χ1) is 8.74. The molecule has 1 aliphatic rings. The summed E-state index contributed by atoms with van der Waals surface area (Å²) < 4.78 is 13.0. The van der Waals surface area contributed by atoms with E-state index in [-0.39, 0.29) is 6.29 Å². The molecule has 3 rings (SSSR count). The van der Waals surface area contributed by atoms with Crippen LogP contribution in [0.2, 0.25) is 10.0 Å². The van der Waals surface area contributed by atoms with Gasteiger partial charge in [0.15, 0.2) is 6.29 Å². The molecule has 0 aliphatic carbocycles. The molecule has 94 valence electrons. The van der Waals surface area contributed by atoms with Gasteiger partial charge in [-0.25, -0.2) is 0 Å². The van der Waals surface area contributed by atoms with E-state index in [0.717, 1.165) is 11.4 Å². The van der Waals surface area contributed by atoms with Crippen LogP contribution < -0.4 is 0 Å². The van der Waals surface area contributed by atoms with Crippen molar-refractivity contribution in [2.45, 2.75) is 6.29 Å². The standard InChI is InChI=1S/C13H11Cl2NO2/c14-9-6-10(15)8-11(7-9)16-3-1-2-12(16)13-17-4-5-18-13/h1-3,6-8,13H,4-5H2. The molecular weight excluding hydrogens is 273 g/mol. The zero-order valence-corrected chi connectivity index (χ0v) is 11.0. The van der Waals surface area contributed by atoms with E-state index in [1.165, 1.54) is 0 Å². The van der Waals surface area contributed by atoms with E-state index < -0.39 is 0 Å². The highest BCUT2D eigenvalue weighted by Crippen LogP contribution is 2.28. The van der Waals surface area contributed by atoms with Gasteiger partial charge in [-0.05, 0) is 30.3 Å². The van der Waals surface area contributed by atoms with Crippen LogP contribution in [-0.4, -0.2) is 17.8 Å². The van der Waals surface area contributed by atoms with E-state index in [4.69, 9.17) is 32.7 Å². The highest BCUT2D eigenvalue weighted by Gasteiger charge is 2.21. The fraction of sp³-hybridized carbons (Fsp3) is 0.231. The fourth-order valence-electron chi connectivity index (χ4n) is 2.03. The Morgan fingerprint density at radius 2 is 1.72 bits per heavy atom. The molecule has 5 heteroatoms. The van der Waals surface area contributed by atoms with Gasteiger partial charge in [-0.2, -0.15) is 0 Å². The molecule has 1 fully saturated rings. The van der Waals surface area contributed by atoms with Crippen LogP contribution in [0.25, 0.3) is 5.69 Å². The normalized spacial score (nSPS) is 16.3. The van der Waals surface area contributed by atoms with Gasteiger partial charge in [0.25, 0.3) is 0 Å². The van der Waals surface area contributed by atoms with Gasteiger partial charge in [-0.15, -0.1) is 0 Å². The third-order valence-electron chi connectivity index (χ3n) is 2.77. The Morgan fingerprint density at radius 3 is 2.39 bits per heavy atom. The number of nitrogens with zero attached hydrogens (tertiary/aromatic N) is 1. The van der Waals surface area contributed by atoms with E-state index in [1.807, 2.05) is 35.0 Å². The fourth-order valence-corrected chi connectivity index (χ4v) is 2.54. The smallest absolute Gasteiger partial charge is 0.199 e. The van der Waals surface area contributed by atoms with Crippen LogP contribution in [0.3, 0.4) is 0 Å². The van der Waals surface area contributed by atoms with Crippen molar-refractivity contribution in [1.82, 2.24) is 4.57 Å². The average Bonchev–Trinajstić information content (AvgIpc) is 2.98. The molecule has 1 aromatic heterocycles. The van der Waals surface area contributed by atoms with E-state index in [2.05, 4.69) is 0 Å². The van der Waals surface area contributed by atoms with Crippen LogP contribution in [0.5, 0.6) is 0 Å². The lowest BCUT2D eigenvalue weighted by Crippen LogP contribution is -2.06. The SMILES string of the molecule is Clc1cc(Cl)cc(-n2cccc2C2OCCO2)c1. The number of benzene rings is 1. The minimum absolute atomic E-state index is 0.322. The highest BCUT2D eigenvalue weighted by molar-refractivity contribution is 6.34. The lowest BCUT2D eigenvalue weighted by atomic mass is 10.3. The van der Waals surface area contributed by atoms with Crippen LogP contribution in [-0.2, 0) is 9.47 Å². The molecule has 0 amide bonds. The number of hydrogen-bond acceptors (Lipinski definition) is 2. The van der Waals surface area contributed by atoms with Crippen molar-refractivity contribution in [3.63, 3.8) is 0 Å². The second-order valence-corrected chi connectivity index (χ2v) is 4.88. The van der Waals surface area contributed by atoms with Crippen molar-refractivity contribution in [2.24, 2.45) is 0 Å². The Balaban J connectivity index is 2.03. The molecule has 0 unspecified atom stereocenters. The zero-order valence-electron chi connectivity index (χ0n) is 9.48. The van der Waals surface area contributed by atoms with E-state index in [9.17, 15) is 0 Å². The monoisotopic (exact) mass is 283 g/mol. The van der Waals surface area contributed by atoms with Crippen LogP contribution in [0, 0.1) is 0 Å². The van der Waals surface area contributed by atoms with Gasteiger partial charge in [-0.3, -0.25) is 0 Å². The summed E-state index contributed by atoms with van der Waals surface area (Å²) in [6.45, 7) is 1.23. The summed E-state index contributed by atoms with van der Waals surface area (Å²) >= 11 is 12.0. The minimum atomic E-state index is -0.322. The predicted molar refractivity (Wildman–Crippen MR) is 70.4 cm³/mol. The first-order valence-corrected chi connectivity index (χ1v) is 6.36. The second-order valence-electron chi connectivity index (χ2n) is 4.00. The van der Waals surface area contributed by atoms with Crippen LogP contribution in [0.15, 0.2) is 36.5 Å². The number of halogens is 2. The third kappa shape index (κ3) is 2.27. The van der Waals surface area contributed by atoms with Gasteiger partial charge < -0.3 is 14.0 Å². The van der Waals surface area contributed by atoms with Crippen molar-refractivity contribution in [3.8, 4) is 5.69 Å². The molecule has 1 saturated heterocycles. The summed E-state index contributed by atoms with van der Waals surface area (Å²) in [7, 11) is 0. The van der Waals surface area contributed by atoms with E-state index in [1.54, 1.807) is 6.07 Å². The van der Waals surface area contributed by atoms with Crippen molar-refractivity contribution >= 4 is 23.2 Å². The van der Waals surface area contributed by atoms with E-state index in [0.29, 0.717) is 23.3 Å². The second kappa shape index (κ2) is 4.94. The summed E-state index contributed by atoms with van der Waals surface area (Å²) in [6, 6.07) is 9.32. The van der Waals surface area contributed by atoms with Crippen molar-refractivity contribution < 1.29 is 9.47 Å². The molecule has 0 N–H and O–H groups in total. The molecular formula is C13H11Cl2NO2. The summed E-state index contributed by atoms with van der Waals surface area (Å²) in [4.78, 5) is 0. The first-order valence-electron chi connectivity index (χ1n) is 5.61. The molecule has 0 saturated carbocycles. The maximum atomic E-state index is 6.02. The van der Waals surface area contributed by atoms with Crippen LogP contribution in [0.1, 0.15) is 12.0 Å². The Kier molecular flexibility index (Phi) is 3.31. The quantitative estimate of drug-likeness (QED) is 0.836. The van der Waals surface area contributed by atoms with Gasteiger partial charge in [0.05, 0.1) is 18.9 Å². The Labute approximate surface area is 115 Å². The van der Waals surface area contributed by atoms with Crippen LogP contribution in [0.4, 0.5) is 0 Å². The van der Waals surface area contributed by atoms with Crippen LogP contribution >= 0.6 is 23.2 Å².